The van der Waals surface area contributed by atoms with Gasteiger partial charge in [-0.2, -0.15) is 0 Å². The van der Waals surface area contributed by atoms with Gasteiger partial charge in [0.25, 0.3) is 0 Å². The standard InChI is InChI=1S/C9H13N5/c1-4-14-7(2)9(11-12-14)8-5-10-6-13(8)3/h5-6H,4H2,1-3H3. The van der Waals surface area contributed by atoms with Gasteiger partial charge in [0, 0.05) is 13.6 Å². The van der Waals surface area contributed by atoms with Crippen LogP contribution in [0.15, 0.2) is 12.5 Å². The first-order valence-electron chi connectivity index (χ1n) is 4.60. The molecule has 2 heterocycles. The second-order valence-corrected chi connectivity index (χ2v) is 3.23. The summed E-state index contributed by atoms with van der Waals surface area (Å²) < 4.78 is 3.82. The zero-order valence-electron chi connectivity index (χ0n) is 8.60. The Hall–Kier alpha value is -1.65. The molecule has 0 N–H and O–H groups in total. The number of hydrogen-bond acceptors (Lipinski definition) is 3. The van der Waals surface area contributed by atoms with Crippen LogP contribution in [0.5, 0.6) is 0 Å². The lowest BCUT2D eigenvalue weighted by atomic mass is 10.3. The van der Waals surface area contributed by atoms with Crippen molar-refractivity contribution in [2.45, 2.75) is 20.4 Å². The summed E-state index contributed by atoms with van der Waals surface area (Å²) in [6.45, 7) is 4.91. The molecule has 0 atom stereocenters. The zero-order chi connectivity index (χ0) is 10.1. The molecule has 0 saturated carbocycles. The predicted molar refractivity (Wildman–Crippen MR) is 52.6 cm³/mol. The topological polar surface area (TPSA) is 48.5 Å². The number of hydrogen-bond donors (Lipinski definition) is 0. The molecule has 0 bridgehead atoms. The maximum absolute atomic E-state index is 4.14. The van der Waals surface area contributed by atoms with E-state index in [0.717, 1.165) is 23.6 Å². The first-order valence-corrected chi connectivity index (χ1v) is 4.60. The van der Waals surface area contributed by atoms with E-state index < -0.39 is 0 Å². The van der Waals surface area contributed by atoms with Crippen molar-refractivity contribution in [2.75, 3.05) is 0 Å². The third-order valence-corrected chi connectivity index (χ3v) is 2.34. The van der Waals surface area contributed by atoms with Crippen LogP contribution in [-0.4, -0.2) is 24.5 Å². The summed E-state index contributed by atoms with van der Waals surface area (Å²) in [6.07, 6.45) is 3.57. The lowest BCUT2D eigenvalue weighted by molar-refractivity contribution is 0.611. The van der Waals surface area contributed by atoms with Gasteiger partial charge in [0.1, 0.15) is 5.69 Å². The Kier molecular flexibility index (Phi) is 2.07. The van der Waals surface area contributed by atoms with Crippen molar-refractivity contribution in [3.8, 4) is 11.4 Å². The second kappa shape index (κ2) is 3.25. The Labute approximate surface area is 82.4 Å². The fraction of sp³-hybridized carbons (Fsp3) is 0.444. The number of aromatic nitrogens is 5. The fourth-order valence-corrected chi connectivity index (χ4v) is 1.48. The molecule has 5 nitrogen and oxygen atoms in total. The van der Waals surface area contributed by atoms with Crippen molar-refractivity contribution in [3.63, 3.8) is 0 Å². The Morgan fingerprint density at radius 2 is 2.21 bits per heavy atom. The first kappa shape index (κ1) is 8.93. The van der Waals surface area contributed by atoms with Crippen molar-refractivity contribution in [3.05, 3.63) is 18.2 Å². The van der Waals surface area contributed by atoms with Crippen LogP contribution in [0.2, 0.25) is 0 Å². The highest BCUT2D eigenvalue weighted by molar-refractivity contribution is 5.55. The van der Waals surface area contributed by atoms with Crippen molar-refractivity contribution in [1.29, 1.82) is 0 Å². The van der Waals surface area contributed by atoms with E-state index in [1.807, 2.05) is 23.2 Å². The number of aryl methyl sites for hydroxylation is 2. The van der Waals surface area contributed by atoms with Crippen LogP contribution < -0.4 is 0 Å². The van der Waals surface area contributed by atoms with E-state index in [1.165, 1.54) is 0 Å². The van der Waals surface area contributed by atoms with Crippen molar-refractivity contribution < 1.29 is 0 Å². The average molecular weight is 191 g/mol. The van der Waals surface area contributed by atoms with Crippen molar-refractivity contribution >= 4 is 0 Å². The largest absolute Gasteiger partial charge is 0.332 e. The van der Waals surface area contributed by atoms with Gasteiger partial charge in [-0.1, -0.05) is 5.21 Å². The number of imidazole rings is 1. The minimum absolute atomic E-state index is 0.844. The Bertz CT molecular complexity index is 440. The monoisotopic (exact) mass is 191 g/mol. The summed E-state index contributed by atoms with van der Waals surface area (Å²) in [4.78, 5) is 4.06. The molecule has 0 unspecified atom stereocenters. The van der Waals surface area contributed by atoms with E-state index in [1.54, 1.807) is 12.5 Å². The average Bonchev–Trinajstić information content (AvgIpc) is 2.72. The molecule has 2 rings (SSSR count). The molecule has 0 amide bonds. The van der Waals surface area contributed by atoms with Crippen molar-refractivity contribution in [1.82, 2.24) is 24.5 Å². The molecule has 0 aromatic carbocycles. The van der Waals surface area contributed by atoms with Gasteiger partial charge in [0.2, 0.25) is 0 Å². The molecule has 0 spiro atoms. The zero-order valence-corrected chi connectivity index (χ0v) is 8.60. The van der Waals surface area contributed by atoms with E-state index in [9.17, 15) is 0 Å². The Morgan fingerprint density at radius 1 is 1.43 bits per heavy atom. The summed E-state index contributed by atoms with van der Waals surface area (Å²) in [7, 11) is 1.95. The Morgan fingerprint density at radius 3 is 2.71 bits per heavy atom. The minimum atomic E-state index is 0.844. The maximum atomic E-state index is 4.14. The molecule has 0 aliphatic carbocycles. The van der Waals surface area contributed by atoms with Gasteiger partial charge in [-0.05, 0) is 13.8 Å². The van der Waals surface area contributed by atoms with Crippen LogP contribution in [-0.2, 0) is 13.6 Å². The second-order valence-electron chi connectivity index (χ2n) is 3.23. The molecule has 2 aromatic heterocycles. The first-order chi connectivity index (χ1) is 6.74. The molecule has 0 aliphatic rings. The number of rotatable bonds is 2. The van der Waals surface area contributed by atoms with Crippen LogP contribution in [0.3, 0.4) is 0 Å². The van der Waals surface area contributed by atoms with E-state index in [2.05, 4.69) is 22.2 Å². The molecule has 5 heteroatoms. The molecule has 0 aliphatic heterocycles. The fourth-order valence-electron chi connectivity index (χ4n) is 1.48. The lowest BCUT2D eigenvalue weighted by Crippen LogP contribution is -1.99. The van der Waals surface area contributed by atoms with Gasteiger partial charge in [-0.15, -0.1) is 5.10 Å². The predicted octanol–water partition coefficient (Wildman–Crippen LogP) is 1.01. The van der Waals surface area contributed by atoms with E-state index in [4.69, 9.17) is 0 Å². The maximum Gasteiger partial charge on any atom is 0.133 e. The minimum Gasteiger partial charge on any atom is -0.332 e. The van der Waals surface area contributed by atoms with Crippen LogP contribution in [0.1, 0.15) is 12.6 Å². The smallest absolute Gasteiger partial charge is 0.133 e. The molecule has 14 heavy (non-hydrogen) atoms. The molecule has 0 saturated heterocycles. The van der Waals surface area contributed by atoms with Gasteiger partial charge in [0.05, 0.1) is 23.9 Å². The molecule has 0 radical (unpaired) electrons. The molecule has 74 valence electrons. The summed E-state index contributed by atoms with van der Waals surface area (Å²) in [5.41, 5.74) is 2.99. The van der Waals surface area contributed by atoms with Gasteiger partial charge >= 0.3 is 0 Å². The molecular weight excluding hydrogens is 178 g/mol. The molecule has 0 fully saturated rings. The van der Waals surface area contributed by atoms with E-state index in [-0.39, 0.29) is 0 Å². The lowest BCUT2D eigenvalue weighted by Gasteiger charge is -2.00. The molecule has 2 aromatic rings. The number of nitrogens with zero attached hydrogens (tertiary/aromatic N) is 5. The highest BCUT2D eigenvalue weighted by Gasteiger charge is 2.11. The summed E-state index contributed by atoms with van der Waals surface area (Å²) in [6, 6.07) is 0. The third kappa shape index (κ3) is 1.21. The summed E-state index contributed by atoms with van der Waals surface area (Å²) in [5, 5.41) is 8.20. The third-order valence-electron chi connectivity index (χ3n) is 2.34. The van der Waals surface area contributed by atoms with Crippen LogP contribution >= 0.6 is 0 Å². The van der Waals surface area contributed by atoms with E-state index >= 15 is 0 Å². The van der Waals surface area contributed by atoms with E-state index in [0.29, 0.717) is 0 Å². The van der Waals surface area contributed by atoms with Crippen LogP contribution in [0.25, 0.3) is 11.4 Å². The quantitative estimate of drug-likeness (QED) is 0.711. The van der Waals surface area contributed by atoms with Gasteiger partial charge in [0.15, 0.2) is 0 Å². The van der Waals surface area contributed by atoms with Gasteiger partial charge in [-0.3, -0.25) is 0 Å². The summed E-state index contributed by atoms with van der Waals surface area (Å²) in [5.74, 6) is 0. The molecular formula is C9H13N5. The van der Waals surface area contributed by atoms with Gasteiger partial charge in [-0.25, -0.2) is 9.67 Å². The highest BCUT2D eigenvalue weighted by atomic mass is 15.4. The Balaban J connectivity index is 2.52. The summed E-state index contributed by atoms with van der Waals surface area (Å²) >= 11 is 0. The SMILES string of the molecule is CCn1nnc(-c2cncn2C)c1C. The van der Waals surface area contributed by atoms with Crippen molar-refractivity contribution in [2.24, 2.45) is 7.05 Å². The normalized spacial score (nSPS) is 10.8. The van der Waals surface area contributed by atoms with Crippen LogP contribution in [0.4, 0.5) is 0 Å². The van der Waals surface area contributed by atoms with Gasteiger partial charge < -0.3 is 4.57 Å². The highest BCUT2D eigenvalue weighted by Crippen LogP contribution is 2.18. The van der Waals surface area contributed by atoms with Crippen LogP contribution in [0, 0.1) is 6.92 Å².